The topological polar surface area (TPSA) is 56.0 Å². The highest BCUT2D eigenvalue weighted by atomic mass is 127. The van der Waals surface area contributed by atoms with Gasteiger partial charge in [0, 0.05) is 6.07 Å². The molecule has 0 aliphatic heterocycles. The fourth-order valence-electron chi connectivity index (χ4n) is 0.745. The van der Waals surface area contributed by atoms with E-state index in [-0.39, 0.29) is 3.57 Å². The van der Waals surface area contributed by atoms with Crippen molar-refractivity contribution in [2.45, 2.75) is 6.18 Å². The van der Waals surface area contributed by atoms with Gasteiger partial charge in [-0.05, 0) is 32.5 Å². The van der Waals surface area contributed by atoms with Gasteiger partial charge in [-0.2, -0.15) is 13.2 Å². The van der Waals surface area contributed by atoms with Crippen molar-refractivity contribution in [2.75, 3.05) is 0 Å². The number of hydrogen-bond acceptors (Lipinski definition) is 3. The average Bonchev–Trinajstić information content (AvgIpc) is 2.02. The molecular weight excluding hydrogens is 316 g/mol. The summed E-state index contributed by atoms with van der Waals surface area (Å²) in [5.41, 5.74) is -1.04. The third kappa shape index (κ3) is 2.30. The van der Waals surface area contributed by atoms with Crippen LogP contribution in [0.1, 0.15) is 5.56 Å². The lowest BCUT2D eigenvalue weighted by Gasteiger charge is -2.06. The summed E-state index contributed by atoms with van der Waals surface area (Å²) in [6.45, 7) is 0. The lowest BCUT2D eigenvalue weighted by Crippen LogP contribution is -2.09. The van der Waals surface area contributed by atoms with Gasteiger partial charge >= 0.3 is 12.0 Å². The zero-order chi connectivity index (χ0) is 10.9. The Kier molecular flexibility index (Phi) is 2.92. The van der Waals surface area contributed by atoms with Gasteiger partial charge in [-0.3, -0.25) is 0 Å². The van der Waals surface area contributed by atoms with Crippen LogP contribution in [0.5, 0.6) is 0 Å². The van der Waals surface area contributed by atoms with Gasteiger partial charge in [-0.1, -0.05) is 0 Å². The normalized spacial score (nSPS) is 11.4. The van der Waals surface area contributed by atoms with Crippen molar-refractivity contribution in [2.24, 2.45) is 0 Å². The quantitative estimate of drug-likeness (QED) is 0.454. The lowest BCUT2D eigenvalue weighted by atomic mass is 10.2. The molecule has 0 spiro atoms. The van der Waals surface area contributed by atoms with Gasteiger partial charge < -0.3 is 10.1 Å². The van der Waals surface area contributed by atoms with Crippen LogP contribution in [0.25, 0.3) is 0 Å². The third-order valence-corrected chi connectivity index (χ3v) is 2.19. The van der Waals surface area contributed by atoms with Crippen molar-refractivity contribution >= 4 is 28.4 Å². The molecule has 0 bridgehead atoms. The Balaban J connectivity index is 3.29. The van der Waals surface area contributed by atoms with E-state index in [0.29, 0.717) is 6.07 Å². The molecule has 0 saturated heterocycles. The molecule has 0 fully saturated rings. The fourth-order valence-corrected chi connectivity index (χ4v) is 1.35. The number of hydrogen-bond donors (Lipinski definition) is 0. The van der Waals surface area contributed by atoms with Gasteiger partial charge in [0.15, 0.2) is 6.20 Å². The maximum Gasteiger partial charge on any atom is 0.417 e. The largest absolute Gasteiger partial charge is 0.417 e. The Labute approximate surface area is 89.4 Å². The van der Waals surface area contributed by atoms with Gasteiger partial charge in [0.1, 0.15) is 0 Å². The van der Waals surface area contributed by atoms with Crippen LogP contribution >= 0.6 is 22.6 Å². The first-order chi connectivity index (χ1) is 6.32. The van der Waals surface area contributed by atoms with E-state index in [1.165, 1.54) is 22.6 Å². The first kappa shape index (κ1) is 11.1. The third-order valence-electron chi connectivity index (χ3n) is 1.33. The van der Waals surface area contributed by atoms with Crippen LogP contribution in [0.2, 0.25) is 0 Å². The first-order valence-electron chi connectivity index (χ1n) is 3.19. The van der Waals surface area contributed by atoms with Crippen molar-refractivity contribution in [1.29, 1.82) is 0 Å². The van der Waals surface area contributed by atoms with Gasteiger partial charge in [0.25, 0.3) is 0 Å². The molecule has 0 amide bonds. The van der Waals surface area contributed by atoms with Crippen LogP contribution in [-0.4, -0.2) is 9.91 Å². The maximum atomic E-state index is 12.2. The van der Waals surface area contributed by atoms with Crippen molar-refractivity contribution < 1.29 is 18.1 Å². The Morgan fingerprint density at radius 2 is 2.07 bits per heavy atom. The second kappa shape index (κ2) is 3.67. The highest BCUT2D eigenvalue weighted by Gasteiger charge is 2.35. The number of nitrogens with zero attached hydrogens (tertiary/aromatic N) is 2. The average molecular weight is 318 g/mol. The maximum absolute atomic E-state index is 12.2. The molecule has 0 atom stereocenters. The molecular formula is C6H2F3IN2O2. The van der Waals surface area contributed by atoms with E-state index < -0.39 is 22.5 Å². The van der Waals surface area contributed by atoms with Crippen LogP contribution in [0.15, 0.2) is 12.3 Å². The van der Waals surface area contributed by atoms with E-state index in [4.69, 9.17) is 0 Å². The number of aromatic nitrogens is 1. The van der Waals surface area contributed by atoms with Crippen molar-refractivity contribution in [3.63, 3.8) is 0 Å². The zero-order valence-corrected chi connectivity index (χ0v) is 8.53. The van der Waals surface area contributed by atoms with E-state index in [2.05, 4.69) is 4.98 Å². The lowest BCUT2D eigenvalue weighted by molar-refractivity contribution is -0.389. The number of nitro groups is 1. The van der Waals surface area contributed by atoms with Gasteiger partial charge in [-0.25, -0.2) is 0 Å². The summed E-state index contributed by atoms with van der Waals surface area (Å²) in [5, 5.41) is 10.2. The van der Waals surface area contributed by atoms with E-state index in [9.17, 15) is 23.3 Å². The van der Waals surface area contributed by atoms with Crippen LogP contribution in [-0.2, 0) is 6.18 Å². The molecule has 0 aliphatic carbocycles. The number of halogens is 4. The van der Waals surface area contributed by atoms with Gasteiger partial charge in [-0.15, -0.1) is 0 Å². The van der Waals surface area contributed by atoms with E-state index >= 15 is 0 Å². The molecule has 1 rings (SSSR count). The van der Waals surface area contributed by atoms with Crippen molar-refractivity contribution in [1.82, 2.24) is 4.98 Å². The Morgan fingerprint density at radius 1 is 1.50 bits per heavy atom. The van der Waals surface area contributed by atoms with Crippen LogP contribution < -0.4 is 0 Å². The Hall–Kier alpha value is -0.930. The van der Waals surface area contributed by atoms with Gasteiger partial charge in [0.2, 0.25) is 0 Å². The number of pyridine rings is 1. The molecule has 1 aromatic rings. The predicted octanol–water partition coefficient (Wildman–Crippen LogP) is 2.61. The predicted molar refractivity (Wildman–Crippen MR) is 48.6 cm³/mol. The molecule has 8 heteroatoms. The summed E-state index contributed by atoms with van der Waals surface area (Å²) in [5.74, 6) is -0.808. The monoisotopic (exact) mass is 318 g/mol. The minimum absolute atomic E-state index is 0.166. The highest BCUT2D eigenvalue weighted by molar-refractivity contribution is 14.1. The summed E-state index contributed by atoms with van der Waals surface area (Å²) in [6.07, 6.45) is -3.77. The summed E-state index contributed by atoms with van der Waals surface area (Å²) in [7, 11) is 0. The first-order valence-corrected chi connectivity index (χ1v) is 4.27. The second-order valence-electron chi connectivity index (χ2n) is 2.28. The molecule has 4 nitrogen and oxygen atoms in total. The smallest absolute Gasteiger partial charge is 0.358 e. The Bertz CT molecular complexity index is 380. The molecule has 0 N–H and O–H groups in total. The summed E-state index contributed by atoms with van der Waals surface area (Å²) < 4.78 is 36.5. The molecule has 1 heterocycles. The zero-order valence-electron chi connectivity index (χ0n) is 6.38. The standard InChI is InChI=1S/C6H2F3IN2O2/c7-6(8,9)3-1-5(12(13)14)11-2-4(3)10/h1-2H. The van der Waals surface area contributed by atoms with E-state index in [1.807, 2.05) is 0 Å². The van der Waals surface area contributed by atoms with Crippen LogP contribution in [0, 0.1) is 13.7 Å². The fraction of sp³-hybridized carbons (Fsp3) is 0.167. The van der Waals surface area contributed by atoms with Crippen molar-refractivity contribution in [3.05, 3.63) is 31.5 Å². The van der Waals surface area contributed by atoms with Gasteiger partial charge in [0.05, 0.1) is 9.13 Å². The molecule has 0 unspecified atom stereocenters. The molecule has 0 saturated carbocycles. The van der Waals surface area contributed by atoms with E-state index in [1.54, 1.807) is 0 Å². The summed E-state index contributed by atoms with van der Waals surface area (Å²) in [6, 6.07) is 0.418. The molecule has 0 aromatic carbocycles. The minimum atomic E-state index is -4.59. The molecule has 0 aliphatic rings. The molecule has 76 valence electrons. The molecule has 14 heavy (non-hydrogen) atoms. The second-order valence-corrected chi connectivity index (χ2v) is 3.44. The Morgan fingerprint density at radius 3 is 2.50 bits per heavy atom. The molecule has 1 aromatic heterocycles. The summed E-state index contributed by atoms with van der Waals surface area (Å²) in [4.78, 5) is 12.4. The summed E-state index contributed by atoms with van der Waals surface area (Å²) >= 11 is 1.42. The molecule has 0 radical (unpaired) electrons. The van der Waals surface area contributed by atoms with E-state index in [0.717, 1.165) is 6.20 Å². The minimum Gasteiger partial charge on any atom is -0.358 e. The highest BCUT2D eigenvalue weighted by Crippen LogP contribution is 2.33. The van der Waals surface area contributed by atoms with Crippen LogP contribution in [0.3, 0.4) is 0 Å². The van der Waals surface area contributed by atoms with Crippen LogP contribution in [0.4, 0.5) is 19.0 Å². The number of alkyl halides is 3. The number of rotatable bonds is 1. The van der Waals surface area contributed by atoms with Crippen molar-refractivity contribution in [3.8, 4) is 0 Å². The SMILES string of the molecule is O=[N+]([O-])c1cc(C(F)(F)F)c(I)cn1.